The van der Waals surface area contributed by atoms with Gasteiger partial charge in [0.25, 0.3) is 0 Å². The molecule has 1 atom stereocenters. The van der Waals surface area contributed by atoms with Crippen LogP contribution in [0.4, 0.5) is 23.7 Å². The summed E-state index contributed by atoms with van der Waals surface area (Å²) in [6.45, 7) is 2.49. The molecule has 1 aliphatic rings. The van der Waals surface area contributed by atoms with Crippen LogP contribution in [-0.4, -0.2) is 48.3 Å². The average Bonchev–Trinajstić information content (AvgIpc) is 2.53. The maximum absolute atomic E-state index is 12.5. The number of rotatable bonds is 5. The number of aliphatic hydroxyl groups excluding tert-OH is 1. The minimum atomic E-state index is -4.40. The van der Waals surface area contributed by atoms with E-state index in [0.717, 1.165) is 38.1 Å². The Labute approximate surface area is 138 Å². The molecule has 1 saturated heterocycles. The predicted octanol–water partition coefficient (Wildman–Crippen LogP) is 2.67. The number of halogens is 3. The Kier molecular flexibility index (Phi) is 6.44. The first-order valence-corrected chi connectivity index (χ1v) is 7.97. The van der Waals surface area contributed by atoms with Crippen LogP contribution in [0.1, 0.15) is 24.8 Å². The number of carbonyl (C=O) groups excluding carboxylic acids is 1. The van der Waals surface area contributed by atoms with Gasteiger partial charge in [0.05, 0.1) is 11.7 Å². The number of benzene rings is 1. The molecule has 2 amide bonds. The molecule has 24 heavy (non-hydrogen) atoms. The fraction of sp³-hybridized carbons (Fsp3) is 0.562. The molecule has 2 rings (SSSR count). The topological polar surface area (TPSA) is 64.6 Å². The molecule has 0 saturated carbocycles. The maximum Gasteiger partial charge on any atom is 0.416 e. The summed E-state index contributed by atoms with van der Waals surface area (Å²) in [6, 6.07) is 3.62. The van der Waals surface area contributed by atoms with Gasteiger partial charge in [-0.05, 0) is 50.2 Å². The second-order valence-corrected chi connectivity index (χ2v) is 5.93. The highest BCUT2D eigenvalue weighted by molar-refractivity contribution is 5.89. The van der Waals surface area contributed by atoms with Crippen molar-refractivity contribution in [2.24, 2.45) is 0 Å². The summed E-state index contributed by atoms with van der Waals surface area (Å²) in [7, 11) is 0. The number of nitrogens with one attached hydrogen (secondary N) is 2. The number of carbonyl (C=O) groups is 1. The summed E-state index contributed by atoms with van der Waals surface area (Å²) in [4.78, 5) is 13.9. The van der Waals surface area contributed by atoms with Crippen LogP contribution in [0.15, 0.2) is 24.3 Å². The lowest BCUT2D eigenvalue weighted by Crippen LogP contribution is -2.42. The highest BCUT2D eigenvalue weighted by atomic mass is 19.4. The zero-order valence-electron chi connectivity index (χ0n) is 13.3. The largest absolute Gasteiger partial charge is 0.416 e. The van der Waals surface area contributed by atoms with E-state index in [1.807, 2.05) is 0 Å². The third-order valence-corrected chi connectivity index (χ3v) is 3.89. The monoisotopic (exact) mass is 345 g/mol. The predicted molar refractivity (Wildman–Crippen MR) is 84.8 cm³/mol. The first-order valence-electron chi connectivity index (χ1n) is 7.97. The van der Waals surface area contributed by atoms with Gasteiger partial charge in [0.15, 0.2) is 0 Å². The van der Waals surface area contributed by atoms with E-state index in [1.54, 1.807) is 0 Å². The Balaban J connectivity index is 1.72. The van der Waals surface area contributed by atoms with Gasteiger partial charge >= 0.3 is 12.2 Å². The molecule has 0 spiro atoms. The number of urea groups is 1. The van der Waals surface area contributed by atoms with Crippen LogP contribution >= 0.6 is 0 Å². The van der Waals surface area contributed by atoms with Crippen molar-refractivity contribution in [1.29, 1.82) is 0 Å². The molecule has 1 aliphatic heterocycles. The minimum Gasteiger partial charge on any atom is -0.390 e. The van der Waals surface area contributed by atoms with Crippen molar-refractivity contribution in [1.82, 2.24) is 10.2 Å². The number of likely N-dealkylation sites (tertiary alicyclic amines) is 1. The lowest BCUT2D eigenvalue weighted by molar-refractivity contribution is -0.137. The highest BCUT2D eigenvalue weighted by Crippen LogP contribution is 2.29. The molecule has 1 aromatic rings. The van der Waals surface area contributed by atoms with Crippen LogP contribution in [0, 0.1) is 0 Å². The van der Waals surface area contributed by atoms with Crippen LogP contribution in [0.3, 0.4) is 0 Å². The summed E-state index contributed by atoms with van der Waals surface area (Å²) in [6.07, 6.45) is -1.63. The van der Waals surface area contributed by atoms with Crippen molar-refractivity contribution in [3.8, 4) is 0 Å². The number of anilines is 1. The SMILES string of the molecule is O=C(NC[C@@H](O)CN1CCCCC1)Nc1ccc(C(F)(F)F)cc1. The van der Waals surface area contributed by atoms with Crippen molar-refractivity contribution in [2.45, 2.75) is 31.5 Å². The molecular formula is C16H22F3N3O2. The van der Waals surface area contributed by atoms with Crippen molar-refractivity contribution >= 4 is 11.7 Å². The van der Waals surface area contributed by atoms with E-state index in [1.165, 1.54) is 18.6 Å². The molecule has 1 heterocycles. The summed E-state index contributed by atoms with van der Waals surface area (Å²) in [5.41, 5.74) is -0.517. The van der Waals surface area contributed by atoms with Crippen molar-refractivity contribution in [2.75, 3.05) is 31.5 Å². The minimum absolute atomic E-state index is 0.0863. The van der Waals surface area contributed by atoms with Gasteiger partial charge in [0, 0.05) is 18.8 Å². The first kappa shape index (κ1) is 18.5. The zero-order valence-corrected chi connectivity index (χ0v) is 13.3. The molecule has 5 nitrogen and oxygen atoms in total. The molecule has 8 heteroatoms. The van der Waals surface area contributed by atoms with Crippen LogP contribution in [-0.2, 0) is 6.18 Å². The summed E-state index contributed by atoms with van der Waals surface area (Å²) in [5, 5.41) is 14.9. The molecule has 0 aliphatic carbocycles. The normalized spacial score (nSPS) is 17.3. The highest BCUT2D eigenvalue weighted by Gasteiger charge is 2.30. The third-order valence-electron chi connectivity index (χ3n) is 3.89. The zero-order chi connectivity index (χ0) is 17.6. The number of piperidine rings is 1. The van der Waals surface area contributed by atoms with Crippen LogP contribution in [0.25, 0.3) is 0 Å². The number of β-amino-alcohol motifs (C(OH)–C–C–N with tert-alkyl or cyclic N) is 1. The lowest BCUT2D eigenvalue weighted by atomic mass is 10.1. The molecule has 0 bridgehead atoms. The fourth-order valence-corrected chi connectivity index (χ4v) is 2.63. The van der Waals surface area contributed by atoms with Gasteiger partial charge in [0.1, 0.15) is 0 Å². The number of hydrogen-bond donors (Lipinski definition) is 3. The van der Waals surface area contributed by atoms with Crippen molar-refractivity contribution in [3.05, 3.63) is 29.8 Å². The Morgan fingerprint density at radius 1 is 1.17 bits per heavy atom. The summed E-state index contributed by atoms with van der Waals surface area (Å²) in [5.74, 6) is 0. The number of alkyl halides is 3. The second-order valence-electron chi connectivity index (χ2n) is 5.93. The standard InChI is InChI=1S/C16H22F3N3O2/c17-16(18,19)12-4-6-13(7-5-12)21-15(24)20-10-14(23)11-22-8-2-1-3-9-22/h4-7,14,23H,1-3,8-11H2,(H2,20,21,24)/t14-/m1/s1. The van der Waals surface area contributed by atoms with E-state index in [9.17, 15) is 23.1 Å². The van der Waals surface area contributed by atoms with Gasteiger partial charge in [-0.3, -0.25) is 0 Å². The molecule has 0 radical (unpaired) electrons. The number of aliphatic hydroxyl groups is 1. The molecule has 3 N–H and O–H groups in total. The smallest absolute Gasteiger partial charge is 0.390 e. The van der Waals surface area contributed by atoms with E-state index in [4.69, 9.17) is 0 Å². The Bertz CT molecular complexity index is 528. The van der Waals surface area contributed by atoms with Crippen molar-refractivity contribution < 1.29 is 23.1 Å². The quantitative estimate of drug-likeness (QED) is 0.769. The maximum atomic E-state index is 12.5. The Morgan fingerprint density at radius 2 is 1.79 bits per heavy atom. The van der Waals surface area contributed by atoms with E-state index in [0.29, 0.717) is 6.54 Å². The molecule has 1 aromatic carbocycles. The van der Waals surface area contributed by atoms with Crippen LogP contribution in [0.5, 0.6) is 0 Å². The van der Waals surface area contributed by atoms with Gasteiger partial charge in [0.2, 0.25) is 0 Å². The lowest BCUT2D eigenvalue weighted by Gasteiger charge is -2.28. The summed E-state index contributed by atoms with van der Waals surface area (Å²) < 4.78 is 37.4. The molecule has 0 aromatic heterocycles. The van der Waals surface area contributed by atoms with Crippen molar-refractivity contribution in [3.63, 3.8) is 0 Å². The number of hydrogen-bond acceptors (Lipinski definition) is 3. The van der Waals surface area contributed by atoms with E-state index < -0.39 is 23.9 Å². The van der Waals surface area contributed by atoms with Gasteiger partial charge < -0.3 is 20.6 Å². The third kappa shape index (κ3) is 6.01. The van der Waals surface area contributed by atoms with E-state index in [-0.39, 0.29) is 12.2 Å². The fourth-order valence-electron chi connectivity index (χ4n) is 2.63. The van der Waals surface area contributed by atoms with Gasteiger partial charge in [-0.2, -0.15) is 13.2 Å². The van der Waals surface area contributed by atoms with Gasteiger partial charge in [-0.15, -0.1) is 0 Å². The average molecular weight is 345 g/mol. The Hall–Kier alpha value is -1.80. The Morgan fingerprint density at radius 3 is 2.38 bits per heavy atom. The van der Waals surface area contributed by atoms with Crippen LogP contribution in [0.2, 0.25) is 0 Å². The van der Waals surface area contributed by atoms with Gasteiger partial charge in [-0.1, -0.05) is 6.42 Å². The first-order chi connectivity index (χ1) is 11.3. The summed E-state index contributed by atoms with van der Waals surface area (Å²) >= 11 is 0. The van der Waals surface area contributed by atoms with E-state index in [2.05, 4.69) is 15.5 Å². The number of nitrogens with zero attached hydrogens (tertiary/aromatic N) is 1. The van der Waals surface area contributed by atoms with Gasteiger partial charge in [-0.25, -0.2) is 4.79 Å². The van der Waals surface area contributed by atoms with Crippen LogP contribution < -0.4 is 10.6 Å². The molecule has 1 fully saturated rings. The number of amides is 2. The molecular weight excluding hydrogens is 323 g/mol. The second kappa shape index (κ2) is 8.34. The van der Waals surface area contributed by atoms with E-state index >= 15 is 0 Å². The molecule has 134 valence electrons. The molecule has 0 unspecified atom stereocenters.